The second kappa shape index (κ2) is 4.88. The van der Waals surface area contributed by atoms with Gasteiger partial charge in [0.15, 0.2) is 5.79 Å². The lowest BCUT2D eigenvalue weighted by molar-refractivity contribution is -0.183. The van der Waals surface area contributed by atoms with Gasteiger partial charge >= 0.3 is 5.97 Å². The summed E-state index contributed by atoms with van der Waals surface area (Å²) in [5, 5.41) is 9.83. The Hall–Kier alpha value is -0.720. The van der Waals surface area contributed by atoms with Crippen LogP contribution < -0.4 is 0 Å². The molecule has 0 amide bonds. The van der Waals surface area contributed by atoms with E-state index >= 15 is 0 Å². The zero-order valence-electron chi connectivity index (χ0n) is 10.5. The molecule has 6 heteroatoms. The van der Waals surface area contributed by atoms with Gasteiger partial charge in [0, 0.05) is 0 Å². The molecule has 1 rings (SSSR count). The zero-order chi connectivity index (χ0) is 13.3. The number of hydrogen-bond acceptors (Lipinski definition) is 5. The first-order valence-corrected chi connectivity index (χ1v) is 5.56. The largest absolute Gasteiger partial charge is 0.464 e. The van der Waals surface area contributed by atoms with Crippen molar-refractivity contribution < 1.29 is 28.5 Å². The van der Waals surface area contributed by atoms with Crippen molar-refractivity contribution >= 4 is 5.97 Å². The fourth-order valence-electron chi connectivity index (χ4n) is 1.61. The molecule has 1 aliphatic heterocycles. The van der Waals surface area contributed by atoms with Gasteiger partial charge in [0.2, 0.25) is 5.67 Å². The van der Waals surface area contributed by atoms with Gasteiger partial charge in [-0.2, -0.15) is 0 Å². The van der Waals surface area contributed by atoms with Crippen LogP contribution in [0, 0.1) is 0 Å². The molecule has 0 saturated carbocycles. The van der Waals surface area contributed by atoms with Crippen LogP contribution in [0.3, 0.4) is 0 Å². The molecule has 100 valence electrons. The third-order valence-corrected chi connectivity index (χ3v) is 2.61. The number of carbonyl (C=O) groups excluding carboxylic acids is 1. The van der Waals surface area contributed by atoms with Crippen LogP contribution in [0.15, 0.2) is 0 Å². The first-order chi connectivity index (χ1) is 7.70. The van der Waals surface area contributed by atoms with E-state index in [1.807, 2.05) is 0 Å². The molecule has 1 fully saturated rings. The highest BCUT2D eigenvalue weighted by Crippen LogP contribution is 2.30. The molecule has 0 aromatic rings. The standard InChI is InChI=1S/C11H19FO5/c1-5-15-9(14)11(4,12)8(13)7-6-16-10(2,3)17-7/h7-8,13H,5-6H2,1-4H3/t7?,8-,11-/m1/s1. The fourth-order valence-corrected chi connectivity index (χ4v) is 1.61. The van der Waals surface area contributed by atoms with Gasteiger partial charge in [-0.1, -0.05) is 0 Å². The summed E-state index contributed by atoms with van der Waals surface area (Å²) in [7, 11) is 0. The minimum absolute atomic E-state index is 0.0348. The van der Waals surface area contributed by atoms with Crippen molar-refractivity contribution in [1.29, 1.82) is 0 Å². The van der Waals surface area contributed by atoms with E-state index in [0.717, 1.165) is 6.92 Å². The van der Waals surface area contributed by atoms with Gasteiger partial charge in [-0.25, -0.2) is 9.18 Å². The Kier molecular flexibility index (Phi) is 4.11. The predicted molar refractivity (Wildman–Crippen MR) is 57.1 cm³/mol. The summed E-state index contributed by atoms with van der Waals surface area (Å²) >= 11 is 0. The van der Waals surface area contributed by atoms with E-state index in [1.165, 1.54) is 0 Å². The maximum Gasteiger partial charge on any atom is 0.346 e. The lowest BCUT2D eigenvalue weighted by Gasteiger charge is -2.28. The van der Waals surface area contributed by atoms with Crippen LogP contribution in [0.5, 0.6) is 0 Å². The van der Waals surface area contributed by atoms with Crippen LogP contribution >= 0.6 is 0 Å². The van der Waals surface area contributed by atoms with Crippen LogP contribution in [-0.4, -0.2) is 48.0 Å². The second-order valence-corrected chi connectivity index (χ2v) is 4.61. The number of hydrogen-bond donors (Lipinski definition) is 1. The highest BCUT2D eigenvalue weighted by molar-refractivity contribution is 5.79. The van der Waals surface area contributed by atoms with Crippen LogP contribution in [0.1, 0.15) is 27.7 Å². The minimum atomic E-state index is -2.51. The lowest BCUT2D eigenvalue weighted by atomic mass is 9.97. The summed E-state index contributed by atoms with van der Waals surface area (Å²) in [6, 6.07) is 0. The summed E-state index contributed by atoms with van der Waals surface area (Å²) in [4.78, 5) is 11.4. The molecule has 0 aromatic carbocycles. The normalized spacial score (nSPS) is 28.5. The number of halogens is 1. The smallest absolute Gasteiger partial charge is 0.346 e. The monoisotopic (exact) mass is 250 g/mol. The molecule has 3 atom stereocenters. The lowest BCUT2D eigenvalue weighted by Crippen LogP contribution is -2.51. The van der Waals surface area contributed by atoms with E-state index in [9.17, 15) is 14.3 Å². The maximum absolute atomic E-state index is 14.1. The summed E-state index contributed by atoms with van der Waals surface area (Å²) in [6.45, 7) is 5.94. The molecular formula is C11H19FO5. The van der Waals surface area contributed by atoms with Crippen molar-refractivity contribution in [3.8, 4) is 0 Å². The van der Waals surface area contributed by atoms with Gasteiger partial charge < -0.3 is 19.3 Å². The Morgan fingerprint density at radius 3 is 2.71 bits per heavy atom. The van der Waals surface area contributed by atoms with Crippen LogP contribution in [-0.2, 0) is 19.0 Å². The molecule has 0 aliphatic carbocycles. The number of aliphatic hydroxyl groups excluding tert-OH is 1. The Labute approximate surface area is 99.8 Å². The second-order valence-electron chi connectivity index (χ2n) is 4.61. The van der Waals surface area contributed by atoms with Gasteiger partial charge in [-0.15, -0.1) is 0 Å². The minimum Gasteiger partial charge on any atom is -0.464 e. The molecule has 17 heavy (non-hydrogen) atoms. The SMILES string of the molecule is CCOC(=O)[C@](C)(F)[C@H](O)C1COC(C)(C)O1. The fraction of sp³-hybridized carbons (Fsp3) is 0.909. The topological polar surface area (TPSA) is 65.0 Å². The Balaban J connectivity index is 2.69. The summed E-state index contributed by atoms with van der Waals surface area (Å²) in [5.41, 5.74) is -2.51. The number of alkyl halides is 1. The van der Waals surface area contributed by atoms with Crippen LogP contribution in [0.25, 0.3) is 0 Å². The summed E-state index contributed by atoms with van der Waals surface area (Å²) in [6.07, 6.45) is -2.51. The van der Waals surface area contributed by atoms with E-state index in [0.29, 0.717) is 0 Å². The van der Waals surface area contributed by atoms with Crippen molar-refractivity contribution in [2.24, 2.45) is 0 Å². The van der Waals surface area contributed by atoms with Crippen molar-refractivity contribution in [2.75, 3.05) is 13.2 Å². The molecule has 1 heterocycles. The molecular weight excluding hydrogens is 231 g/mol. The van der Waals surface area contributed by atoms with E-state index < -0.39 is 29.6 Å². The summed E-state index contributed by atoms with van der Waals surface area (Å²) < 4.78 is 29.2. The molecule has 1 aliphatic rings. The Bertz CT molecular complexity index is 290. The van der Waals surface area contributed by atoms with E-state index in [4.69, 9.17) is 9.47 Å². The number of rotatable bonds is 4. The molecule has 1 unspecified atom stereocenters. The van der Waals surface area contributed by atoms with Gasteiger partial charge in [0.1, 0.15) is 12.2 Å². The number of aliphatic hydroxyl groups is 1. The van der Waals surface area contributed by atoms with Crippen LogP contribution in [0.2, 0.25) is 0 Å². The molecule has 0 radical (unpaired) electrons. The molecule has 1 saturated heterocycles. The van der Waals surface area contributed by atoms with Crippen molar-refractivity contribution in [3.63, 3.8) is 0 Å². The average Bonchev–Trinajstić information content (AvgIpc) is 2.58. The highest BCUT2D eigenvalue weighted by Gasteiger charge is 2.50. The Morgan fingerprint density at radius 1 is 1.71 bits per heavy atom. The van der Waals surface area contributed by atoms with E-state index in [-0.39, 0.29) is 13.2 Å². The van der Waals surface area contributed by atoms with E-state index in [1.54, 1.807) is 20.8 Å². The number of esters is 1. The first kappa shape index (κ1) is 14.3. The third-order valence-electron chi connectivity index (χ3n) is 2.61. The number of carbonyl (C=O) groups is 1. The molecule has 5 nitrogen and oxygen atoms in total. The summed E-state index contributed by atoms with van der Waals surface area (Å²) in [5.74, 6) is -1.98. The average molecular weight is 250 g/mol. The molecule has 0 bridgehead atoms. The Morgan fingerprint density at radius 2 is 2.29 bits per heavy atom. The van der Waals surface area contributed by atoms with Gasteiger partial charge in [0.25, 0.3) is 0 Å². The first-order valence-electron chi connectivity index (χ1n) is 5.56. The van der Waals surface area contributed by atoms with Crippen LogP contribution in [0.4, 0.5) is 4.39 Å². The predicted octanol–water partition coefficient (Wildman–Crippen LogP) is 0.790. The maximum atomic E-state index is 14.1. The molecule has 0 spiro atoms. The number of ether oxygens (including phenoxy) is 3. The van der Waals surface area contributed by atoms with Gasteiger partial charge in [-0.3, -0.25) is 0 Å². The van der Waals surface area contributed by atoms with Crippen molar-refractivity contribution in [2.45, 2.75) is 51.4 Å². The van der Waals surface area contributed by atoms with Crippen molar-refractivity contribution in [3.05, 3.63) is 0 Å². The van der Waals surface area contributed by atoms with Crippen molar-refractivity contribution in [1.82, 2.24) is 0 Å². The highest BCUT2D eigenvalue weighted by atomic mass is 19.1. The third kappa shape index (κ3) is 3.14. The molecule has 1 N–H and O–H groups in total. The van der Waals surface area contributed by atoms with E-state index in [2.05, 4.69) is 4.74 Å². The van der Waals surface area contributed by atoms with Gasteiger partial charge in [0.05, 0.1) is 13.2 Å². The quantitative estimate of drug-likeness (QED) is 0.747. The molecule has 0 aromatic heterocycles. The van der Waals surface area contributed by atoms with Gasteiger partial charge in [-0.05, 0) is 27.7 Å². The zero-order valence-corrected chi connectivity index (χ0v) is 10.5.